The van der Waals surface area contributed by atoms with Crippen molar-refractivity contribution >= 4 is 87.5 Å². The van der Waals surface area contributed by atoms with Crippen LogP contribution in [-0.4, -0.2) is 9.13 Å². The highest BCUT2D eigenvalue weighted by Crippen LogP contribution is 2.44. The van der Waals surface area contributed by atoms with Gasteiger partial charge in [-0.15, -0.1) is 0 Å². The number of fused-ring (bicyclic) bond motifs is 13. The van der Waals surface area contributed by atoms with E-state index >= 15 is 0 Å². The minimum Gasteiger partial charge on any atom is -0.456 e. The predicted octanol–water partition coefficient (Wildman–Crippen LogP) is 13.3. The van der Waals surface area contributed by atoms with E-state index in [9.17, 15) is 0 Å². The van der Waals surface area contributed by atoms with Gasteiger partial charge in [0.1, 0.15) is 16.7 Å². The van der Waals surface area contributed by atoms with Crippen LogP contribution in [0.25, 0.3) is 110 Å². The zero-order valence-electron chi connectivity index (χ0n) is 27.9. The van der Waals surface area contributed by atoms with Crippen molar-refractivity contribution in [2.45, 2.75) is 0 Å². The Hall–Kier alpha value is -7.04. The molecule has 0 unspecified atom stereocenters. The van der Waals surface area contributed by atoms with E-state index < -0.39 is 0 Å². The van der Waals surface area contributed by atoms with E-state index in [1.807, 2.05) is 18.2 Å². The van der Waals surface area contributed by atoms with Crippen LogP contribution in [0, 0.1) is 0 Å². The van der Waals surface area contributed by atoms with Gasteiger partial charge in [0, 0.05) is 48.8 Å². The molecule has 0 bridgehead atoms. The van der Waals surface area contributed by atoms with Gasteiger partial charge in [-0.2, -0.15) is 0 Å². The molecule has 4 heterocycles. The molecule has 0 fully saturated rings. The molecule has 0 amide bonds. The Balaban J connectivity index is 1.16. The van der Waals surface area contributed by atoms with E-state index in [0.717, 1.165) is 71.8 Å². The lowest BCUT2D eigenvalue weighted by Crippen LogP contribution is -1.94. The molecule has 4 nitrogen and oxygen atoms in total. The molecular weight excluding hydrogens is 637 g/mol. The molecule has 0 radical (unpaired) electrons. The molecule has 8 aromatic carbocycles. The number of para-hydroxylation sites is 5. The van der Waals surface area contributed by atoms with Crippen molar-refractivity contribution in [2.24, 2.45) is 0 Å². The van der Waals surface area contributed by atoms with Gasteiger partial charge < -0.3 is 18.0 Å². The van der Waals surface area contributed by atoms with Crippen molar-refractivity contribution in [2.75, 3.05) is 0 Å². The molecule has 0 atom stereocenters. The summed E-state index contributed by atoms with van der Waals surface area (Å²) in [6, 6.07) is 60.6. The number of furan rings is 2. The van der Waals surface area contributed by atoms with Gasteiger partial charge in [0.25, 0.3) is 0 Å². The zero-order chi connectivity index (χ0) is 33.9. The Morgan fingerprint density at radius 1 is 0.327 bits per heavy atom. The first-order valence-corrected chi connectivity index (χ1v) is 17.7. The van der Waals surface area contributed by atoms with Crippen LogP contribution in [0.1, 0.15) is 0 Å². The number of hydrogen-bond acceptors (Lipinski definition) is 2. The summed E-state index contributed by atoms with van der Waals surface area (Å²) in [4.78, 5) is 0. The molecule has 0 aliphatic rings. The van der Waals surface area contributed by atoms with Gasteiger partial charge in [0.05, 0.1) is 27.8 Å². The van der Waals surface area contributed by atoms with Crippen LogP contribution in [0.4, 0.5) is 0 Å². The monoisotopic (exact) mass is 664 g/mol. The summed E-state index contributed by atoms with van der Waals surface area (Å²) >= 11 is 0. The van der Waals surface area contributed by atoms with Crippen LogP contribution in [-0.2, 0) is 0 Å². The summed E-state index contributed by atoms with van der Waals surface area (Å²) < 4.78 is 17.8. The first kappa shape index (κ1) is 27.7. The standard InChI is InChI=1S/C48H28N2O2/c1-2-11-31(12-3-1)49-38-17-7-4-13-32(38)36-27-29(21-23-39(36)49)30-22-24-40-37(28-30)46-41(25-26-45-47(46)35-15-6-9-20-44(35)51-45)50(40)42-18-10-16-34-33-14-5-8-19-43(33)52-48(34)42/h1-28H. The fraction of sp³-hybridized carbons (Fsp3) is 0. The van der Waals surface area contributed by atoms with Gasteiger partial charge in [-0.3, -0.25) is 0 Å². The van der Waals surface area contributed by atoms with E-state index in [-0.39, 0.29) is 0 Å². The van der Waals surface area contributed by atoms with Gasteiger partial charge in [0.15, 0.2) is 5.58 Å². The molecule has 242 valence electrons. The molecule has 0 N–H and O–H groups in total. The molecule has 0 aliphatic carbocycles. The highest BCUT2D eigenvalue weighted by Gasteiger charge is 2.22. The summed E-state index contributed by atoms with van der Waals surface area (Å²) in [6.45, 7) is 0. The molecule has 12 aromatic rings. The number of nitrogens with zero attached hydrogens (tertiary/aromatic N) is 2. The van der Waals surface area contributed by atoms with E-state index in [0.29, 0.717) is 0 Å². The van der Waals surface area contributed by atoms with Gasteiger partial charge in [-0.1, -0.05) is 97.1 Å². The van der Waals surface area contributed by atoms with E-state index in [1.54, 1.807) is 0 Å². The van der Waals surface area contributed by atoms with Gasteiger partial charge in [-0.25, -0.2) is 0 Å². The quantitative estimate of drug-likeness (QED) is 0.188. The highest BCUT2D eigenvalue weighted by molar-refractivity contribution is 6.28. The Morgan fingerprint density at radius 3 is 1.77 bits per heavy atom. The summed E-state index contributed by atoms with van der Waals surface area (Å²) in [6.07, 6.45) is 0. The average molecular weight is 665 g/mol. The first-order valence-electron chi connectivity index (χ1n) is 17.7. The van der Waals surface area contributed by atoms with Crippen LogP contribution < -0.4 is 0 Å². The summed E-state index contributed by atoms with van der Waals surface area (Å²) in [5.74, 6) is 0. The third-order valence-electron chi connectivity index (χ3n) is 10.9. The first-order chi connectivity index (χ1) is 25.8. The van der Waals surface area contributed by atoms with Gasteiger partial charge in [0.2, 0.25) is 0 Å². The molecule has 0 aliphatic heterocycles. The molecule has 0 saturated carbocycles. The maximum absolute atomic E-state index is 6.61. The van der Waals surface area contributed by atoms with Gasteiger partial charge in [-0.05, 0) is 83.9 Å². The summed E-state index contributed by atoms with van der Waals surface area (Å²) in [5.41, 5.74) is 12.7. The number of benzene rings is 8. The SMILES string of the molecule is c1ccc(-n2c3ccccc3c3cc(-c4ccc5c(c4)c4c6c(ccc4n5-c4cccc5c4oc4ccccc45)oc4ccccc46)ccc32)cc1. The second kappa shape index (κ2) is 10.3. The molecule has 4 heteroatoms. The lowest BCUT2D eigenvalue weighted by atomic mass is 9.99. The third-order valence-corrected chi connectivity index (χ3v) is 10.9. The highest BCUT2D eigenvalue weighted by atomic mass is 16.3. The molecule has 0 spiro atoms. The van der Waals surface area contributed by atoms with E-state index in [1.165, 1.54) is 38.1 Å². The second-order valence-corrected chi connectivity index (χ2v) is 13.7. The Labute approximate surface area is 296 Å². The van der Waals surface area contributed by atoms with Crippen LogP contribution >= 0.6 is 0 Å². The molecule has 0 saturated heterocycles. The maximum atomic E-state index is 6.61. The third kappa shape index (κ3) is 3.70. The van der Waals surface area contributed by atoms with Crippen molar-refractivity contribution in [3.63, 3.8) is 0 Å². The van der Waals surface area contributed by atoms with Crippen molar-refractivity contribution in [3.8, 4) is 22.5 Å². The van der Waals surface area contributed by atoms with Crippen molar-refractivity contribution < 1.29 is 8.83 Å². The van der Waals surface area contributed by atoms with E-state index in [4.69, 9.17) is 8.83 Å². The number of aromatic nitrogens is 2. The topological polar surface area (TPSA) is 36.1 Å². The molecule has 12 rings (SSSR count). The fourth-order valence-corrected chi connectivity index (χ4v) is 8.68. The molecule has 4 aromatic heterocycles. The largest absolute Gasteiger partial charge is 0.456 e. The zero-order valence-corrected chi connectivity index (χ0v) is 27.9. The van der Waals surface area contributed by atoms with Crippen LogP contribution in [0.2, 0.25) is 0 Å². The van der Waals surface area contributed by atoms with Crippen LogP contribution in [0.5, 0.6) is 0 Å². The normalized spacial score (nSPS) is 12.2. The predicted molar refractivity (Wildman–Crippen MR) is 215 cm³/mol. The maximum Gasteiger partial charge on any atom is 0.159 e. The van der Waals surface area contributed by atoms with Crippen LogP contribution in [0.15, 0.2) is 179 Å². The Kier molecular flexibility index (Phi) is 5.47. The Morgan fingerprint density at radius 2 is 0.942 bits per heavy atom. The Bertz CT molecular complexity index is 3410. The minimum atomic E-state index is 0.879. The van der Waals surface area contributed by atoms with Crippen LogP contribution in [0.3, 0.4) is 0 Å². The molecular formula is C48H28N2O2. The number of rotatable bonds is 3. The van der Waals surface area contributed by atoms with Crippen molar-refractivity contribution in [1.29, 1.82) is 0 Å². The lowest BCUT2D eigenvalue weighted by Gasteiger charge is -2.10. The summed E-state index contributed by atoms with van der Waals surface area (Å²) in [5, 5.41) is 9.30. The molecule has 52 heavy (non-hydrogen) atoms. The average Bonchev–Trinajstić information content (AvgIpc) is 3.95. The minimum absolute atomic E-state index is 0.879. The fourth-order valence-electron chi connectivity index (χ4n) is 8.68. The number of hydrogen-bond donors (Lipinski definition) is 0. The lowest BCUT2D eigenvalue weighted by molar-refractivity contribution is 0.666. The van der Waals surface area contributed by atoms with Crippen molar-refractivity contribution in [3.05, 3.63) is 170 Å². The second-order valence-electron chi connectivity index (χ2n) is 13.7. The van der Waals surface area contributed by atoms with E-state index in [2.05, 4.69) is 161 Å². The smallest absolute Gasteiger partial charge is 0.159 e. The summed E-state index contributed by atoms with van der Waals surface area (Å²) in [7, 11) is 0. The van der Waals surface area contributed by atoms with Gasteiger partial charge >= 0.3 is 0 Å². The van der Waals surface area contributed by atoms with Crippen molar-refractivity contribution in [1.82, 2.24) is 9.13 Å².